The summed E-state index contributed by atoms with van der Waals surface area (Å²) >= 11 is 0. The fraction of sp³-hybridized carbons (Fsp3) is 0.800. The molecule has 136 valence electrons. The molecule has 0 spiro atoms. The number of rotatable bonds is 3. The number of alkyl halides is 1. The Morgan fingerprint density at radius 1 is 1.32 bits per heavy atom. The molecule has 4 aliphatic carbocycles. The Kier molecular flexibility index (Phi) is 3.77. The van der Waals surface area contributed by atoms with Crippen LogP contribution in [0.2, 0.25) is 0 Å². The zero-order valence-corrected chi connectivity index (χ0v) is 15.0. The van der Waals surface area contributed by atoms with Crippen molar-refractivity contribution in [1.82, 2.24) is 4.90 Å². The normalized spacial score (nSPS) is 46.1. The van der Waals surface area contributed by atoms with Crippen molar-refractivity contribution in [2.24, 2.45) is 28.4 Å². The molecule has 4 nitrogen and oxygen atoms in total. The number of hydrogen-bond donors (Lipinski definition) is 1. The number of likely N-dealkylation sites (tertiary alicyclic amines) is 1. The molecule has 5 rings (SSSR count). The lowest BCUT2D eigenvalue weighted by Crippen LogP contribution is -2.63. The Bertz CT molecular complexity index is 640. The fourth-order valence-corrected chi connectivity index (χ4v) is 6.79. The monoisotopic (exact) mass is 345 g/mol. The van der Waals surface area contributed by atoms with Crippen LogP contribution in [0.25, 0.3) is 0 Å². The first-order valence-electron chi connectivity index (χ1n) is 9.54. The van der Waals surface area contributed by atoms with Crippen LogP contribution in [0, 0.1) is 34.0 Å². The van der Waals surface area contributed by atoms with E-state index in [1.165, 1.54) is 29.7 Å². The number of nitrogens with two attached hydrogens (primary N) is 1. The highest BCUT2D eigenvalue weighted by atomic mass is 19.1. The van der Waals surface area contributed by atoms with Crippen molar-refractivity contribution in [1.29, 1.82) is 5.26 Å². The largest absolute Gasteiger partial charge is 0.322 e. The summed E-state index contributed by atoms with van der Waals surface area (Å²) in [7, 11) is 0. The summed E-state index contributed by atoms with van der Waals surface area (Å²) in [5.74, 6) is 1.03. The lowest BCUT2D eigenvalue weighted by Gasteiger charge is -2.64. The lowest BCUT2D eigenvalue weighted by atomic mass is 9.41. The van der Waals surface area contributed by atoms with Crippen molar-refractivity contribution in [2.45, 2.75) is 70.1 Å². The highest BCUT2D eigenvalue weighted by molar-refractivity contribution is 5.83. The zero-order chi connectivity index (χ0) is 18.0. The van der Waals surface area contributed by atoms with Gasteiger partial charge in [-0.1, -0.05) is 12.2 Å². The Labute approximate surface area is 149 Å². The SMILES string of the molecule is C=C(C)C12CC3CC(C1)CC([C@@H](N)C(=O)N1C[C@@H](F)C[C@H]1C#N)(C3)C2. The minimum Gasteiger partial charge on any atom is -0.322 e. The maximum atomic E-state index is 13.8. The van der Waals surface area contributed by atoms with Gasteiger partial charge >= 0.3 is 0 Å². The third-order valence-electron chi connectivity index (χ3n) is 7.62. The average molecular weight is 345 g/mol. The topological polar surface area (TPSA) is 70.1 Å². The number of nitriles is 1. The molecule has 5 aliphatic rings. The van der Waals surface area contributed by atoms with Crippen molar-refractivity contribution in [3.8, 4) is 6.07 Å². The van der Waals surface area contributed by atoms with E-state index in [0.29, 0.717) is 11.8 Å². The summed E-state index contributed by atoms with van der Waals surface area (Å²) in [5.41, 5.74) is 7.72. The molecule has 1 amide bonds. The Hall–Kier alpha value is -1.41. The maximum absolute atomic E-state index is 13.8. The number of allylic oxidation sites excluding steroid dienone is 1. The van der Waals surface area contributed by atoms with Crippen LogP contribution in [0.15, 0.2) is 12.2 Å². The van der Waals surface area contributed by atoms with Gasteiger partial charge in [0.25, 0.3) is 0 Å². The molecule has 5 atom stereocenters. The predicted molar refractivity (Wildman–Crippen MR) is 93.0 cm³/mol. The third-order valence-corrected chi connectivity index (χ3v) is 7.62. The maximum Gasteiger partial charge on any atom is 0.241 e. The van der Waals surface area contributed by atoms with Crippen LogP contribution in [0.5, 0.6) is 0 Å². The molecule has 1 saturated heterocycles. The minimum atomic E-state index is -1.11. The van der Waals surface area contributed by atoms with E-state index in [4.69, 9.17) is 5.73 Å². The number of nitrogens with zero attached hydrogens (tertiary/aromatic N) is 2. The number of amides is 1. The minimum absolute atomic E-state index is 0.0132. The van der Waals surface area contributed by atoms with Crippen molar-refractivity contribution in [3.05, 3.63) is 12.2 Å². The van der Waals surface area contributed by atoms with Crippen molar-refractivity contribution in [3.63, 3.8) is 0 Å². The van der Waals surface area contributed by atoms with Gasteiger partial charge in [-0.25, -0.2) is 4.39 Å². The summed E-state index contributed by atoms with van der Waals surface area (Å²) in [5, 5.41) is 9.27. The van der Waals surface area contributed by atoms with Crippen LogP contribution in [0.4, 0.5) is 4.39 Å². The molecule has 1 aliphatic heterocycles. The van der Waals surface area contributed by atoms with Crippen LogP contribution in [-0.4, -0.2) is 35.6 Å². The molecule has 25 heavy (non-hydrogen) atoms. The van der Waals surface area contributed by atoms with Crippen LogP contribution in [-0.2, 0) is 4.79 Å². The van der Waals surface area contributed by atoms with E-state index in [2.05, 4.69) is 19.6 Å². The molecule has 2 unspecified atom stereocenters. The van der Waals surface area contributed by atoms with E-state index in [1.807, 2.05) is 0 Å². The number of halogens is 1. The standard InChI is InChI=1S/C20H28FN3O/c1-12(2)19-5-13-3-14(6-19)8-20(7-13,11-19)17(23)18(25)24-10-15(21)4-16(24)9-22/h13-17H,1,3-8,10-11,23H2,2H3/t13?,14?,15-,16-,17-,19?,20?/m0/s1. The average Bonchev–Trinajstić information content (AvgIpc) is 2.93. The second-order valence-electron chi connectivity index (χ2n) is 9.33. The van der Waals surface area contributed by atoms with Crippen LogP contribution in [0.3, 0.4) is 0 Å². The summed E-state index contributed by atoms with van der Waals surface area (Å²) in [4.78, 5) is 14.5. The van der Waals surface area contributed by atoms with Gasteiger partial charge in [0.1, 0.15) is 12.2 Å². The van der Waals surface area contributed by atoms with Crippen LogP contribution >= 0.6 is 0 Å². The summed E-state index contributed by atoms with van der Waals surface area (Å²) in [6, 6.07) is 0.780. The van der Waals surface area contributed by atoms with Gasteiger partial charge in [0.05, 0.1) is 18.7 Å². The molecule has 0 aromatic carbocycles. The van der Waals surface area contributed by atoms with Crippen molar-refractivity contribution < 1.29 is 9.18 Å². The molecule has 4 bridgehead atoms. The van der Waals surface area contributed by atoms with E-state index in [9.17, 15) is 14.4 Å². The number of carbonyl (C=O) groups excluding carboxylic acids is 1. The molecule has 2 N–H and O–H groups in total. The fourth-order valence-electron chi connectivity index (χ4n) is 6.79. The first-order valence-corrected chi connectivity index (χ1v) is 9.54. The number of hydrogen-bond acceptors (Lipinski definition) is 3. The molecule has 5 fully saturated rings. The van der Waals surface area contributed by atoms with E-state index in [1.54, 1.807) is 0 Å². The van der Waals surface area contributed by atoms with Crippen LogP contribution in [0.1, 0.15) is 51.9 Å². The van der Waals surface area contributed by atoms with Gasteiger partial charge in [-0.05, 0) is 68.1 Å². The second kappa shape index (κ2) is 5.54. The van der Waals surface area contributed by atoms with E-state index in [-0.39, 0.29) is 29.7 Å². The van der Waals surface area contributed by atoms with Gasteiger partial charge in [-0.15, -0.1) is 0 Å². The number of carbonyl (C=O) groups is 1. The molecular weight excluding hydrogens is 317 g/mol. The third kappa shape index (κ3) is 2.44. The quantitative estimate of drug-likeness (QED) is 0.800. The van der Waals surface area contributed by atoms with E-state index >= 15 is 0 Å². The van der Waals surface area contributed by atoms with Crippen molar-refractivity contribution in [2.75, 3.05) is 6.54 Å². The first kappa shape index (κ1) is 17.0. The predicted octanol–water partition coefficient (Wildman–Crippen LogP) is 2.94. The van der Waals surface area contributed by atoms with Gasteiger partial charge in [0.2, 0.25) is 5.91 Å². The highest BCUT2D eigenvalue weighted by Gasteiger charge is 2.61. The smallest absolute Gasteiger partial charge is 0.241 e. The lowest BCUT2D eigenvalue weighted by molar-refractivity contribution is -0.148. The molecule has 0 radical (unpaired) electrons. The molecule has 5 heteroatoms. The molecule has 4 saturated carbocycles. The molecular formula is C20H28FN3O. The van der Waals surface area contributed by atoms with Gasteiger partial charge < -0.3 is 10.6 Å². The highest BCUT2D eigenvalue weighted by Crippen LogP contribution is 2.68. The van der Waals surface area contributed by atoms with Gasteiger partial charge in [-0.3, -0.25) is 4.79 Å². The van der Waals surface area contributed by atoms with Crippen LogP contribution < -0.4 is 5.73 Å². The summed E-state index contributed by atoms with van der Waals surface area (Å²) in [6.45, 7) is 6.40. The summed E-state index contributed by atoms with van der Waals surface area (Å²) < 4.78 is 13.8. The second-order valence-corrected chi connectivity index (χ2v) is 9.33. The Morgan fingerprint density at radius 3 is 2.52 bits per heavy atom. The van der Waals surface area contributed by atoms with E-state index in [0.717, 1.165) is 19.3 Å². The van der Waals surface area contributed by atoms with Gasteiger partial charge in [0, 0.05) is 6.42 Å². The zero-order valence-electron chi connectivity index (χ0n) is 15.0. The Balaban J connectivity index is 1.61. The van der Waals surface area contributed by atoms with Gasteiger partial charge in [0.15, 0.2) is 0 Å². The van der Waals surface area contributed by atoms with Gasteiger partial charge in [-0.2, -0.15) is 5.26 Å². The molecule has 0 aromatic rings. The van der Waals surface area contributed by atoms with E-state index < -0.39 is 18.3 Å². The Morgan fingerprint density at radius 2 is 1.96 bits per heavy atom. The molecule has 1 heterocycles. The first-order chi connectivity index (χ1) is 11.8. The van der Waals surface area contributed by atoms with Crippen molar-refractivity contribution >= 4 is 5.91 Å². The molecule has 0 aromatic heterocycles. The summed E-state index contributed by atoms with van der Waals surface area (Å²) in [6.07, 6.45) is 5.53.